The van der Waals surface area contributed by atoms with E-state index >= 15 is 0 Å². The molecule has 0 radical (unpaired) electrons. The molecule has 0 aromatic heterocycles. The lowest BCUT2D eigenvalue weighted by Crippen LogP contribution is -2.28. The molecular formula is C21H23F3N2O5S. The van der Waals surface area contributed by atoms with Crippen molar-refractivity contribution >= 4 is 27.6 Å². The molecule has 0 unspecified atom stereocenters. The van der Waals surface area contributed by atoms with Gasteiger partial charge in [0.15, 0.2) is 6.61 Å². The Balaban J connectivity index is 1.84. The molecule has 0 fully saturated rings. The fourth-order valence-electron chi connectivity index (χ4n) is 2.98. The molecular weight excluding hydrogens is 449 g/mol. The van der Waals surface area contributed by atoms with Crippen LogP contribution in [0.2, 0.25) is 0 Å². The molecule has 0 atom stereocenters. The van der Waals surface area contributed by atoms with Crippen LogP contribution in [-0.2, 0) is 30.5 Å². The van der Waals surface area contributed by atoms with Crippen LogP contribution >= 0.6 is 0 Å². The predicted octanol–water partition coefficient (Wildman–Crippen LogP) is 3.48. The van der Waals surface area contributed by atoms with Gasteiger partial charge in [-0.15, -0.1) is 0 Å². The third-order valence-electron chi connectivity index (χ3n) is 4.40. The molecule has 0 saturated heterocycles. The van der Waals surface area contributed by atoms with E-state index in [1.807, 2.05) is 37.6 Å². The molecule has 0 saturated carbocycles. The molecule has 0 aliphatic rings. The first kappa shape index (κ1) is 25.3. The van der Waals surface area contributed by atoms with E-state index in [1.165, 1.54) is 0 Å². The van der Waals surface area contributed by atoms with Gasteiger partial charge in [0.25, 0.3) is 5.91 Å². The van der Waals surface area contributed by atoms with Crippen LogP contribution in [0, 0.1) is 20.8 Å². The summed E-state index contributed by atoms with van der Waals surface area (Å²) in [5, 5.41) is 2.66. The number of anilines is 1. The number of aryl methyl sites for hydroxylation is 3. The topological polar surface area (TPSA) is 102 Å². The molecule has 7 nitrogen and oxygen atoms in total. The lowest BCUT2D eigenvalue weighted by Gasteiger charge is -2.13. The number of hydrogen-bond acceptors (Lipinski definition) is 5. The van der Waals surface area contributed by atoms with Crippen molar-refractivity contribution in [3.05, 3.63) is 58.7 Å². The second-order valence-corrected chi connectivity index (χ2v) is 8.92. The minimum atomic E-state index is -4.69. The molecule has 2 rings (SSSR count). The Labute approximate surface area is 184 Å². The highest BCUT2D eigenvalue weighted by molar-refractivity contribution is 7.89. The van der Waals surface area contributed by atoms with E-state index in [4.69, 9.17) is 4.74 Å². The summed E-state index contributed by atoms with van der Waals surface area (Å²) in [7, 11) is -4.26. The second kappa shape index (κ2) is 10.1. The van der Waals surface area contributed by atoms with E-state index < -0.39 is 58.1 Å². The average Bonchev–Trinajstić information content (AvgIpc) is 2.68. The van der Waals surface area contributed by atoms with Crippen LogP contribution in [0.5, 0.6) is 0 Å². The van der Waals surface area contributed by atoms with Crippen LogP contribution in [0.3, 0.4) is 0 Å². The van der Waals surface area contributed by atoms with Crippen LogP contribution in [0.15, 0.2) is 41.3 Å². The van der Waals surface area contributed by atoms with Gasteiger partial charge in [-0.1, -0.05) is 23.8 Å². The number of carbonyl (C=O) groups is 2. The normalized spacial score (nSPS) is 11.8. The van der Waals surface area contributed by atoms with Gasteiger partial charge in [0, 0.05) is 12.2 Å². The fourth-order valence-corrected chi connectivity index (χ4v) is 4.06. The van der Waals surface area contributed by atoms with Crippen molar-refractivity contribution in [1.29, 1.82) is 0 Å². The van der Waals surface area contributed by atoms with Gasteiger partial charge in [0.1, 0.15) is 0 Å². The van der Waals surface area contributed by atoms with E-state index in [9.17, 15) is 31.2 Å². The van der Waals surface area contributed by atoms with Gasteiger partial charge in [0.05, 0.1) is 16.9 Å². The van der Waals surface area contributed by atoms with Gasteiger partial charge in [-0.2, -0.15) is 13.2 Å². The second-order valence-electron chi connectivity index (χ2n) is 7.16. The van der Waals surface area contributed by atoms with Crippen molar-refractivity contribution in [2.24, 2.45) is 0 Å². The van der Waals surface area contributed by atoms with Crippen molar-refractivity contribution < 1.29 is 35.9 Å². The van der Waals surface area contributed by atoms with Gasteiger partial charge < -0.3 is 10.1 Å². The summed E-state index contributed by atoms with van der Waals surface area (Å²) in [5.41, 5.74) is 2.25. The van der Waals surface area contributed by atoms with Gasteiger partial charge >= 0.3 is 12.1 Å². The molecule has 2 aromatic carbocycles. The first-order valence-corrected chi connectivity index (χ1v) is 11.0. The summed E-state index contributed by atoms with van der Waals surface area (Å²) in [5.74, 6) is -1.40. The summed E-state index contributed by atoms with van der Waals surface area (Å²) >= 11 is 0. The molecule has 2 N–H and O–H groups in total. The quantitative estimate of drug-likeness (QED) is 0.573. The molecule has 0 spiro atoms. The number of carbonyl (C=O) groups excluding carboxylic acids is 2. The van der Waals surface area contributed by atoms with Crippen LogP contribution < -0.4 is 10.0 Å². The van der Waals surface area contributed by atoms with Crippen molar-refractivity contribution in [3.8, 4) is 0 Å². The van der Waals surface area contributed by atoms with Crippen LogP contribution in [0.25, 0.3) is 0 Å². The van der Waals surface area contributed by atoms with Crippen LogP contribution in [0.1, 0.15) is 28.7 Å². The summed E-state index contributed by atoms with van der Waals surface area (Å²) < 4.78 is 69.4. The van der Waals surface area contributed by atoms with Crippen molar-refractivity contribution in [2.45, 2.75) is 38.3 Å². The maximum absolute atomic E-state index is 12.8. The molecule has 0 heterocycles. The minimum absolute atomic E-state index is 0.408. The number of rotatable bonds is 8. The number of alkyl halides is 3. The van der Waals surface area contributed by atoms with Crippen LogP contribution in [0.4, 0.5) is 18.9 Å². The third-order valence-corrected chi connectivity index (χ3v) is 5.86. The number of esters is 1. The van der Waals surface area contributed by atoms with Crippen LogP contribution in [-0.4, -0.2) is 33.4 Å². The molecule has 0 aliphatic carbocycles. The smallest absolute Gasteiger partial charge is 0.416 e. The number of nitrogens with one attached hydrogen (secondary N) is 2. The monoisotopic (exact) mass is 472 g/mol. The molecule has 11 heteroatoms. The molecule has 2 aromatic rings. The number of halogens is 3. The Bertz CT molecular complexity index is 1090. The zero-order chi connectivity index (χ0) is 24.1. The van der Waals surface area contributed by atoms with E-state index in [0.29, 0.717) is 11.8 Å². The Hall–Kier alpha value is -2.92. The van der Waals surface area contributed by atoms with Gasteiger partial charge in [-0.25, -0.2) is 13.1 Å². The third kappa shape index (κ3) is 7.06. The maximum Gasteiger partial charge on any atom is 0.416 e. The number of amides is 1. The van der Waals surface area contributed by atoms with Gasteiger partial charge in [0.2, 0.25) is 10.0 Å². The highest BCUT2D eigenvalue weighted by atomic mass is 32.2. The number of benzene rings is 2. The Morgan fingerprint density at radius 1 is 1.03 bits per heavy atom. The SMILES string of the molecule is Cc1cc(C)c(NC(=O)COC(=O)CCNS(=O)(=O)c2cccc(C(F)(F)F)c2)c(C)c1. The van der Waals surface area contributed by atoms with Crippen molar-refractivity contribution in [1.82, 2.24) is 4.72 Å². The molecule has 0 bridgehead atoms. The lowest BCUT2D eigenvalue weighted by molar-refractivity contribution is -0.147. The molecule has 32 heavy (non-hydrogen) atoms. The molecule has 0 aliphatic heterocycles. The summed E-state index contributed by atoms with van der Waals surface area (Å²) in [4.78, 5) is 23.3. The van der Waals surface area contributed by atoms with Crippen molar-refractivity contribution in [2.75, 3.05) is 18.5 Å². The zero-order valence-corrected chi connectivity index (χ0v) is 18.5. The standard InChI is InChI=1S/C21H23F3N2O5S/c1-13-9-14(2)20(15(3)10-13)26-18(27)12-31-19(28)7-8-25-32(29,30)17-6-4-5-16(11-17)21(22,23)24/h4-6,9-11,25H,7-8,12H2,1-3H3,(H,26,27). The summed E-state index contributed by atoms with van der Waals surface area (Å²) in [6.07, 6.45) is -5.10. The Morgan fingerprint density at radius 2 is 1.66 bits per heavy atom. The fraction of sp³-hybridized carbons (Fsp3) is 0.333. The molecule has 1 amide bonds. The Kier molecular flexibility index (Phi) is 8.02. The summed E-state index contributed by atoms with van der Waals surface area (Å²) in [6.45, 7) is 4.62. The van der Waals surface area contributed by atoms with E-state index in [2.05, 4.69) is 5.32 Å². The Morgan fingerprint density at radius 3 is 2.25 bits per heavy atom. The first-order valence-electron chi connectivity index (χ1n) is 9.50. The summed E-state index contributed by atoms with van der Waals surface area (Å²) in [6, 6.07) is 7.02. The van der Waals surface area contributed by atoms with E-state index in [1.54, 1.807) is 0 Å². The van der Waals surface area contributed by atoms with Gasteiger partial charge in [-0.3, -0.25) is 9.59 Å². The predicted molar refractivity (Wildman–Crippen MR) is 111 cm³/mol. The highest BCUT2D eigenvalue weighted by Crippen LogP contribution is 2.30. The minimum Gasteiger partial charge on any atom is -0.456 e. The lowest BCUT2D eigenvalue weighted by atomic mass is 10.1. The number of ether oxygens (including phenoxy) is 1. The zero-order valence-electron chi connectivity index (χ0n) is 17.7. The van der Waals surface area contributed by atoms with E-state index in [0.717, 1.165) is 34.9 Å². The maximum atomic E-state index is 12.8. The molecule has 174 valence electrons. The van der Waals surface area contributed by atoms with Crippen molar-refractivity contribution in [3.63, 3.8) is 0 Å². The largest absolute Gasteiger partial charge is 0.456 e. The number of hydrogen-bond donors (Lipinski definition) is 2. The number of sulfonamides is 1. The van der Waals surface area contributed by atoms with E-state index in [-0.39, 0.29) is 0 Å². The average molecular weight is 472 g/mol. The highest BCUT2D eigenvalue weighted by Gasteiger charge is 2.31. The first-order chi connectivity index (χ1) is 14.8. The van der Waals surface area contributed by atoms with Gasteiger partial charge in [-0.05, 0) is 50.1 Å².